The second-order valence-corrected chi connectivity index (χ2v) is 4.02. The van der Waals surface area contributed by atoms with Crippen molar-refractivity contribution in [2.75, 3.05) is 26.4 Å². The Balaban J connectivity index is 1.97. The van der Waals surface area contributed by atoms with E-state index in [4.69, 9.17) is 9.84 Å². The summed E-state index contributed by atoms with van der Waals surface area (Å²) >= 11 is 0. The van der Waals surface area contributed by atoms with Crippen molar-refractivity contribution >= 4 is 5.91 Å². The molecule has 0 aliphatic carbocycles. The second-order valence-electron chi connectivity index (χ2n) is 4.02. The summed E-state index contributed by atoms with van der Waals surface area (Å²) < 4.78 is 5.27. The zero-order valence-corrected chi connectivity index (χ0v) is 9.21. The molecule has 4 nitrogen and oxygen atoms in total. The summed E-state index contributed by atoms with van der Waals surface area (Å²) in [6.45, 7) is 2.58. The number of aliphatic hydroxyl groups excluding tert-OH is 1. The molecule has 0 unspecified atom stereocenters. The maximum Gasteiger partial charge on any atom is 0.220 e. The van der Waals surface area contributed by atoms with Gasteiger partial charge in [0.1, 0.15) is 0 Å². The van der Waals surface area contributed by atoms with E-state index in [9.17, 15) is 4.79 Å². The molecule has 0 atom stereocenters. The van der Waals surface area contributed by atoms with E-state index in [2.05, 4.69) is 5.32 Å². The van der Waals surface area contributed by atoms with Gasteiger partial charge in [0.05, 0.1) is 0 Å². The summed E-state index contributed by atoms with van der Waals surface area (Å²) in [4.78, 5) is 11.2. The van der Waals surface area contributed by atoms with E-state index in [1.54, 1.807) is 0 Å². The Morgan fingerprint density at radius 1 is 1.40 bits per heavy atom. The van der Waals surface area contributed by atoms with Gasteiger partial charge in [-0.2, -0.15) is 0 Å². The molecule has 4 heteroatoms. The number of ether oxygens (including phenoxy) is 1. The lowest BCUT2D eigenvalue weighted by molar-refractivity contribution is -0.121. The van der Waals surface area contributed by atoms with E-state index in [0.29, 0.717) is 18.8 Å². The summed E-state index contributed by atoms with van der Waals surface area (Å²) in [7, 11) is 0. The summed E-state index contributed by atoms with van der Waals surface area (Å²) in [6.07, 6.45) is 4.28. The highest BCUT2D eigenvalue weighted by atomic mass is 16.5. The molecule has 0 aromatic carbocycles. The molecule has 0 radical (unpaired) electrons. The summed E-state index contributed by atoms with van der Waals surface area (Å²) in [6, 6.07) is 0. The highest BCUT2D eigenvalue weighted by Gasteiger charge is 2.13. The minimum atomic E-state index is 0.0520. The highest BCUT2D eigenvalue weighted by molar-refractivity contribution is 5.75. The van der Waals surface area contributed by atoms with Crippen molar-refractivity contribution in [3.05, 3.63) is 0 Å². The van der Waals surface area contributed by atoms with Gasteiger partial charge >= 0.3 is 0 Å². The Morgan fingerprint density at radius 3 is 2.80 bits per heavy atom. The maximum atomic E-state index is 11.2. The van der Waals surface area contributed by atoms with Crippen molar-refractivity contribution in [2.24, 2.45) is 5.92 Å². The molecule has 2 N–H and O–H groups in total. The molecule has 1 aliphatic heterocycles. The molecule has 1 rings (SSSR count). The Morgan fingerprint density at radius 2 is 2.13 bits per heavy atom. The first kappa shape index (κ1) is 12.5. The Hall–Kier alpha value is -0.610. The van der Waals surface area contributed by atoms with Crippen LogP contribution in [0.2, 0.25) is 0 Å². The molecule has 0 saturated carbocycles. The molecule has 1 saturated heterocycles. The van der Waals surface area contributed by atoms with Crippen LogP contribution in [0.3, 0.4) is 0 Å². The van der Waals surface area contributed by atoms with Crippen molar-refractivity contribution in [2.45, 2.75) is 32.1 Å². The first-order valence-electron chi connectivity index (χ1n) is 5.78. The number of nitrogens with one attached hydrogen (secondary N) is 1. The largest absolute Gasteiger partial charge is 0.396 e. The Kier molecular flexibility index (Phi) is 6.36. The fourth-order valence-corrected chi connectivity index (χ4v) is 1.78. The average Bonchev–Trinajstić information content (AvgIpc) is 2.28. The van der Waals surface area contributed by atoms with Gasteiger partial charge in [0.25, 0.3) is 0 Å². The van der Waals surface area contributed by atoms with Crippen molar-refractivity contribution in [3.8, 4) is 0 Å². The molecule has 1 aliphatic rings. The highest BCUT2D eigenvalue weighted by Crippen LogP contribution is 2.17. The normalized spacial score (nSPS) is 17.7. The number of hydrogen-bond acceptors (Lipinski definition) is 3. The number of rotatable bonds is 6. The number of aliphatic hydroxyl groups is 1. The molecule has 1 heterocycles. The number of amides is 1. The molecular formula is C11H21NO3. The van der Waals surface area contributed by atoms with Crippen molar-refractivity contribution in [1.29, 1.82) is 0 Å². The molecular weight excluding hydrogens is 194 g/mol. The van der Waals surface area contributed by atoms with Gasteiger partial charge in [0.2, 0.25) is 5.91 Å². The summed E-state index contributed by atoms with van der Waals surface area (Å²) in [5.74, 6) is 0.757. The van der Waals surface area contributed by atoms with Crippen LogP contribution in [0.15, 0.2) is 0 Å². The van der Waals surface area contributed by atoms with E-state index in [1.807, 2.05) is 0 Å². The lowest BCUT2D eigenvalue weighted by atomic mass is 9.97. The number of hydrogen-bond donors (Lipinski definition) is 2. The molecule has 15 heavy (non-hydrogen) atoms. The third-order valence-electron chi connectivity index (χ3n) is 2.78. The van der Waals surface area contributed by atoms with Crippen LogP contribution in [0.25, 0.3) is 0 Å². The van der Waals surface area contributed by atoms with Gasteiger partial charge < -0.3 is 15.2 Å². The predicted molar refractivity (Wildman–Crippen MR) is 57.5 cm³/mol. The third-order valence-corrected chi connectivity index (χ3v) is 2.78. The van der Waals surface area contributed by atoms with Gasteiger partial charge in [-0.25, -0.2) is 0 Å². The molecule has 1 amide bonds. The Labute approximate surface area is 91.0 Å². The van der Waals surface area contributed by atoms with Crippen molar-refractivity contribution < 1.29 is 14.6 Å². The van der Waals surface area contributed by atoms with E-state index in [1.165, 1.54) is 0 Å². The topological polar surface area (TPSA) is 58.6 Å². The maximum absolute atomic E-state index is 11.2. The Bertz CT molecular complexity index is 179. The SMILES string of the molecule is O=C(CCCO)NCCC1CCOCC1. The van der Waals surface area contributed by atoms with E-state index in [-0.39, 0.29) is 12.5 Å². The number of carbonyl (C=O) groups is 1. The average molecular weight is 215 g/mol. The van der Waals surface area contributed by atoms with Crippen LogP contribution in [0.1, 0.15) is 32.1 Å². The van der Waals surface area contributed by atoms with Crippen molar-refractivity contribution in [3.63, 3.8) is 0 Å². The van der Waals surface area contributed by atoms with Crippen molar-refractivity contribution in [1.82, 2.24) is 5.32 Å². The second kappa shape index (κ2) is 7.65. The van der Waals surface area contributed by atoms with Gasteiger partial charge in [0, 0.05) is 32.8 Å². The van der Waals surface area contributed by atoms with Crippen LogP contribution in [0.4, 0.5) is 0 Å². The predicted octanol–water partition coefficient (Wildman–Crippen LogP) is 0.692. The van der Waals surface area contributed by atoms with Crippen LogP contribution in [0, 0.1) is 5.92 Å². The fourth-order valence-electron chi connectivity index (χ4n) is 1.78. The monoisotopic (exact) mass is 215 g/mol. The lowest BCUT2D eigenvalue weighted by Gasteiger charge is -2.21. The van der Waals surface area contributed by atoms with Crippen LogP contribution in [-0.4, -0.2) is 37.4 Å². The molecule has 88 valence electrons. The van der Waals surface area contributed by atoms with Gasteiger partial charge in [-0.1, -0.05) is 0 Å². The zero-order valence-electron chi connectivity index (χ0n) is 9.21. The van der Waals surface area contributed by atoms with Gasteiger partial charge in [-0.15, -0.1) is 0 Å². The first-order valence-corrected chi connectivity index (χ1v) is 5.78. The molecule has 0 spiro atoms. The molecule has 0 aromatic heterocycles. The molecule has 0 aromatic rings. The summed E-state index contributed by atoms with van der Waals surface area (Å²) in [5.41, 5.74) is 0. The van der Waals surface area contributed by atoms with Crippen LogP contribution in [-0.2, 0) is 9.53 Å². The van der Waals surface area contributed by atoms with Crippen LogP contribution < -0.4 is 5.32 Å². The van der Waals surface area contributed by atoms with E-state index >= 15 is 0 Å². The first-order chi connectivity index (χ1) is 7.33. The van der Waals surface area contributed by atoms with Crippen LogP contribution in [0.5, 0.6) is 0 Å². The zero-order chi connectivity index (χ0) is 10.9. The van der Waals surface area contributed by atoms with Crippen LogP contribution >= 0.6 is 0 Å². The van der Waals surface area contributed by atoms with E-state index in [0.717, 1.165) is 39.0 Å². The quantitative estimate of drug-likeness (QED) is 0.685. The number of carbonyl (C=O) groups excluding carboxylic acids is 1. The molecule has 0 bridgehead atoms. The minimum Gasteiger partial charge on any atom is -0.396 e. The smallest absolute Gasteiger partial charge is 0.220 e. The lowest BCUT2D eigenvalue weighted by Crippen LogP contribution is -2.27. The summed E-state index contributed by atoms with van der Waals surface area (Å²) in [5, 5.41) is 11.4. The molecule has 1 fully saturated rings. The van der Waals surface area contributed by atoms with Gasteiger partial charge in [-0.3, -0.25) is 4.79 Å². The van der Waals surface area contributed by atoms with E-state index < -0.39 is 0 Å². The fraction of sp³-hybridized carbons (Fsp3) is 0.909. The third kappa shape index (κ3) is 5.74. The minimum absolute atomic E-state index is 0.0520. The van der Waals surface area contributed by atoms with Gasteiger partial charge in [0.15, 0.2) is 0 Å². The van der Waals surface area contributed by atoms with Gasteiger partial charge in [-0.05, 0) is 31.6 Å². The standard InChI is InChI=1S/C11H21NO3/c13-7-1-2-11(14)12-6-3-10-4-8-15-9-5-10/h10,13H,1-9H2,(H,12,14).